The number of carbonyl (C=O) groups excluding carboxylic acids is 4. The molecule has 0 bridgehead atoms. The van der Waals surface area contributed by atoms with E-state index in [1.165, 1.54) is 18.2 Å². The van der Waals surface area contributed by atoms with E-state index < -0.39 is 67.5 Å². The molecule has 1 amide bonds. The van der Waals surface area contributed by atoms with Crippen LogP contribution in [0.25, 0.3) is 0 Å². The molecule has 53 heavy (non-hydrogen) atoms. The maximum absolute atomic E-state index is 14.2. The number of quaternary nitrogens is 1. The summed E-state index contributed by atoms with van der Waals surface area (Å²) < 4.78 is 17.9. The largest absolute Gasteiger partial charge is 0.486 e. The van der Waals surface area contributed by atoms with Gasteiger partial charge in [0.1, 0.15) is 43.0 Å². The zero-order valence-corrected chi connectivity index (χ0v) is 27.8. The van der Waals surface area contributed by atoms with Crippen LogP contribution in [0.15, 0.2) is 64.6 Å². The highest BCUT2D eigenvalue weighted by Crippen LogP contribution is 2.44. The number of nitrogens with one attached hydrogen (secondary N) is 3. The third kappa shape index (κ3) is 6.44. The van der Waals surface area contributed by atoms with E-state index in [9.17, 15) is 44.7 Å². The Hall–Kier alpha value is -5.53. The molecule has 1 aliphatic carbocycles. The fraction of sp³-hybridized carbons (Fsp3) is 0.306. The van der Waals surface area contributed by atoms with Crippen LogP contribution in [-0.4, -0.2) is 123 Å². The van der Waals surface area contributed by atoms with Crippen molar-refractivity contribution in [2.75, 3.05) is 19.9 Å². The second kappa shape index (κ2) is 14.5. The van der Waals surface area contributed by atoms with Crippen molar-refractivity contribution in [1.82, 2.24) is 5.32 Å². The Morgan fingerprint density at radius 2 is 1.68 bits per heavy atom. The van der Waals surface area contributed by atoms with E-state index in [0.717, 1.165) is 0 Å². The first-order chi connectivity index (χ1) is 25.5. The van der Waals surface area contributed by atoms with Gasteiger partial charge in [-0.2, -0.15) is 4.99 Å². The summed E-state index contributed by atoms with van der Waals surface area (Å²) in [6.07, 6.45) is -9.81. The number of hydrogen-bond acceptors (Lipinski definition) is 14. The van der Waals surface area contributed by atoms with E-state index in [0.29, 0.717) is 22.4 Å². The number of guanidine groups is 1. The molecule has 0 saturated carbocycles. The van der Waals surface area contributed by atoms with Gasteiger partial charge in [-0.3, -0.25) is 25.1 Å². The molecule has 0 spiro atoms. The average molecular weight is 729 g/mol. The lowest BCUT2D eigenvalue weighted by Gasteiger charge is -2.40. The van der Waals surface area contributed by atoms with Crippen molar-refractivity contribution in [1.29, 1.82) is 5.41 Å². The van der Waals surface area contributed by atoms with Crippen molar-refractivity contribution in [3.63, 3.8) is 0 Å². The Morgan fingerprint density at radius 3 is 2.42 bits per heavy atom. The number of ether oxygens (including phenoxy) is 3. The van der Waals surface area contributed by atoms with Crippen LogP contribution in [0.3, 0.4) is 0 Å². The molecule has 0 radical (unpaired) electrons. The zero-order chi connectivity index (χ0) is 37.6. The number of hydrogen-bond donors (Lipinski definition) is 8. The minimum atomic E-state index is -1.88. The fourth-order valence-corrected chi connectivity index (χ4v) is 6.74. The third-order valence-corrected chi connectivity index (χ3v) is 9.37. The maximum atomic E-state index is 14.2. The molecule has 3 aliphatic heterocycles. The van der Waals surface area contributed by atoms with Gasteiger partial charge in [0.05, 0.1) is 18.3 Å². The molecule has 7 rings (SSSR count). The number of para-hydroxylation sites is 1. The van der Waals surface area contributed by atoms with Crippen LogP contribution in [0.5, 0.6) is 11.5 Å². The minimum absolute atomic E-state index is 0.0662. The monoisotopic (exact) mass is 728 g/mol. The highest BCUT2D eigenvalue weighted by Gasteiger charge is 2.46. The molecule has 1 saturated heterocycles. The van der Waals surface area contributed by atoms with Gasteiger partial charge in [-0.05, 0) is 12.1 Å². The summed E-state index contributed by atoms with van der Waals surface area (Å²) >= 11 is 0. The summed E-state index contributed by atoms with van der Waals surface area (Å²) in [6.45, 7) is -1.23. The molecule has 274 valence electrons. The van der Waals surface area contributed by atoms with Gasteiger partial charge in [-0.15, -0.1) is 0 Å². The van der Waals surface area contributed by atoms with Crippen LogP contribution in [0.1, 0.15) is 49.4 Å². The predicted molar refractivity (Wildman–Crippen MR) is 182 cm³/mol. The lowest BCUT2D eigenvalue weighted by molar-refractivity contribution is -0.723. The van der Waals surface area contributed by atoms with Gasteiger partial charge in [0, 0.05) is 40.7 Å². The van der Waals surface area contributed by atoms with Crippen molar-refractivity contribution in [3.8, 4) is 11.5 Å². The van der Waals surface area contributed by atoms with Crippen molar-refractivity contribution >= 4 is 47.0 Å². The molecular weight excluding hydrogens is 694 g/mol. The second-order valence-corrected chi connectivity index (χ2v) is 12.7. The molecule has 7 unspecified atom stereocenters. The first-order valence-electron chi connectivity index (χ1n) is 16.6. The summed E-state index contributed by atoms with van der Waals surface area (Å²) in [5, 5.41) is 62.7. The first kappa shape index (κ1) is 35.9. The molecule has 3 heterocycles. The van der Waals surface area contributed by atoms with Crippen LogP contribution in [0.2, 0.25) is 0 Å². The number of fused-ring (bicyclic) bond motifs is 3. The molecule has 8 N–H and O–H groups in total. The number of ketones is 2. The Bertz CT molecular complexity index is 2100. The number of benzene rings is 3. The van der Waals surface area contributed by atoms with Crippen LogP contribution in [-0.2, 0) is 20.7 Å². The Morgan fingerprint density at radius 1 is 0.962 bits per heavy atom. The van der Waals surface area contributed by atoms with E-state index in [4.69, 9.17) is 19.6 Å². The molecular formula is C36H34N5O12+. The summed E-state index contributed by atoms with van der Waals surface area (Å²) in [7, 11) is 0. The number of amidine groups is 1. The lowest BCUT2D eigenvalue weighted by atomic mass is 9.81. The minimum Gasteiger partial charge on any atom is -0.486 e. The summed E-state index contributed by atoms with van der Waals surface area (Å²) in [5.74, 6) is -2.42. The number of nitrogens with zero attached hydrogens (tertiary/aromatic N) is 2. The number of aliphatic imine (C=N–C) groups is 2. The topological polar surface area (TPSA) is 262 Å². The highest BCUT2D eigenvalue weighted by atomic mass is 16.7. The van der Waals surface area contributed by atoms with Crippen molar-refractivity contribution in [2.24, 2.45) is 9.98 Å². The van der Waals surface area contributed by atoms with Crippen molar-refractivity contribution < 1.29 is 63.8 Å². The summed E-state index contributed by atoms with van der Waals surface area (Å²) in [5.41, 5.74) is 1.34. The van der Waals surface area contributed by atoms with Crippen LogP contribution in [0, 0.1) is 5.41 Å². The first-order valence-corrected chi connectivity index (χ1v) is 16.6. The predicted octanol–water partition coefficient (Wildman–Crippen LogP) is -2.05. The van der Waals surface area contributed by atoms with Crippen LogP contribution >= 0.6 is 0 Å². The van der Waals surface area contributed by atoms with Crippen LogP contribution in [0.4, 0.5) is 5.69 Å². The standard InChI is InChI=1S/C36H33N5O12/c37-36-39-33-25(34(50)40-36)38-15-41(33)22-8-4-1-5-16(22)11-17-12-21-24(27(46)20-7-3-2-6-19(20)26(21)45)32(51-14-18(44)9-10-42)31(17)53-35-30(49)29(48)28(47)23(13-43)52-35/h1-8,10,12,18,23,28-30,35,43-44,47-49H,9,11,13-15H2,(H2,37,40,50)/p+1. The number of aliphatic hydroxyl groups is 5. The van der Waals surface area contributed by atoms with Gasteiger partial charge in [-0.1, -0.05) is 42.5 Å². The summed E-state index contributed by atoms with van der Waals surface area (Å²) in [6, 6.07) is 14.6. The number of aliphatic hydroxyl groups excluding tert-OH is 5. The normalized spacial score (nSPS) is 25.4. The smallest absolute Gasteiger partial charge is 0.284 e. The van der Waals surface area contributed by atoms with E-state index in [2.05, 4.69) is 15.3 Å². The Kier molecular flexibility index (Phi) is 9.79. The molecule has 3 aromatic rings. The van der Waals surface area contributed by atoms with Gasteiger partial charge >= 0.3 is 0 Å². The molecule has 17 heteroatoms. The molecule has 1 fully saturated rings. The van der Waals surface area contributed by atoms with Crippen LogP contribution < -0.4 is 19.7 Å². The zero-order valence-electron chi connectivity index (χ0n) is 27.8. The van der Waals surface area contributed by atoms with E-state index >= 15 is 0 Å². The highest BCUT2D eigenvalue weighted by molar-refractivity contribution is 6.68. The fourth-order valence-electron chi connectivity index (χ4n) is 6.74. The average Bonchev–Trinajstić information content (AvgIpc) is 3.58. The number of carbonyl (C=O) groups is 4. The molecule has 0 aromatic heterocycles. The molecule has 7 atom stereocenters. The van der Waals surface area contributed by atoms with Gasteiger partial charge in [0.15, 0.2) is 29.7 Å². The third-order valence-electron chi connectivity index (χ3n) is 9.37. The van der Waals surface area contributed by atoms with Crippen molar-refractivity contribution in [2.45, 2.75) is 49.7 Å². The van der Waals surface area contributed by atoms with E-state index in [1.54, 1.807) is 36.4 Å². The lowest BCUT2D eigenvalue weighted by Crippen LogP contribution is -3.09. The van der Waals surface area contributed by atoms with Gasteiger partial charge < -0.3 is 44.5 Å². The molecule has 17 nitrogen and oxygen atoms in total. The quantitative estimate of drug-likeness (QED) is 0.0777. The molecule has 4 aliphatic rings. The Balaban J connectivity index is 1.40. The van der Waals surface area contributed by atoms with Gasteiger partial charge in [0.2, 0.25) is 18.0 Å². The SMILES string of the molecule is N=C1N=C2C(=NC[NH+]2c2ccccc2Cc2cc3c(c(OCC(O)CC=O)c2OC2OC(CO)C(O)C(O)C2O)C(=O)c2ccccc2C3=O)C(=O)N1. The van der Waals surface area contributed by atoms with Crippen molar-refractivity contribution in [3.05, 3.63) is 88.0 Å². The Labute approximate surface area is 300 Å². The molecule has 3 aromatic carbocycles. The van der Waals surface area contributed by atoms with E-state index in [1.807, 2.05) is 0 Å². The number of amides is 1. The summed E-state index contributed by atoms with van der Waals surface area (Å²) in [4.78, 5) is 61.1. The van der Waals surface area contributed by atoms with Gasteiger partial charge in [0.25, 0.3) is 11.7 Å². The van der Waals surface area contributed by atoms with Gasteiger partial charge in [-0.25, -0.2) is 9.89 Å². The number of aldehydes is 1. The second-order valence-electron chi connectivity index (χ2n) is 12.7. The van der Waals surface area contributed by atoms with E-state index in [-0.39, 0.29) is 76.3 Å². The maximum Gasteiger partial charge on any atom is 0.284 e. The number of rotatable bonds is 11.